The van der Waals surface area contributed by atoms with Crippen LogP contribution in [-0.4, -0.2) is 16.5 Å². The maximum atomic E-state index is 12.5. The van der Waals surface area contributed by atoms with Crippen LogP contribution < -0.4 is 11.1 Å². The molecule has 0 spiro atoms. The zero-order valence-electron chi connectivity index (χ0n) is 10.5. The second-order valence-corrected chi connectivity index (χ2v) is 4.88. The number of nitrogens with two attached hydrogens (primary N) is 1. The molecule has 0 bridgehead atoms. The Labute approximate surface area is 109 Å². The van der Waals surface area contributed by atoms with Crippen molar-refractivity contribution in [1.82, 2.24) is 9.97 Å². The van der Waals surface area contributed by atoms with Gasteiger partial charge in [-0.3, -0.25) is 0 Å². The minimum atomic E-state index is -4.57. The van der Waals surface area contributed by atoms with Crippen LogP contribution in [0, 0.1) is 5.92 Å². The molecule has 1 aromatic heterocycles. The molecule has 0 unspecified atom stereocenters. The minimum Gasteiger partial charge on any atom is -0.384 e. The lowest BCUT2D eigenvalue weighted by Gasteiger charge is -2.22. The largest absolute Gasteiger partial charge is 0.451 e. The lowest BCUT2D eigenvalue weighted by atomic mass is 9.89. The minimum absolute atomic E-state index is 0.144. The highest BCUT2D eigenvalue weighted by atomic mass is 19.4. The summed E-state index contributed by atoms with van der Waals surface area (Å²) < 4.78 is 37.6. The van der Waals surface area contributed by atoms with Crippen LogP contribution in [0.25, 0.3) is 0 Å². The van der Waals surface area contributed by atoms with Crippen LogP contribution in [-0.2, 0) is 6.18 Å². The van der Waals surface area contributed by atoms with E-state index < -0.39 is 12.0 Å². The molecule has 1 aromatic rings. The van der Waals surface area contributed by atoms with E-state index in [1.165, 1.54) is 25.3 Å². The number of anilines is 2. The molecule has 19 heavy (non-hydrogen) atoms. The average molecular weight is 274 g/mol. The summed E-state index contributed by atoms with van der Waals surface area (Å²) in [6.45, 7) is 0.633. The van der Waals surface area contributed by atoms with Crippen molar-refractivity contribution in [2.24, 2.45) is 5.92 Å². The average Bonchev–Trinajstić information content (AvgIpc) is 2.36. The van der Waals surface area contributed by atoms with E-state index in [-0.39, 0.29) is 11.6 Å². The first-order valence-electron chi connectivity index (χ1n) is 6.41. The summed E-state index contributed by atoms with van der Waals surface area (Å²) in [5, 5.41) is 2.94. The molecule has 1 heterocycles. The zero-order valence-corrected chi connectivity index (χ0v) is 10.5. The molecule has 0 aliphatic heterocycles. The fourth-order valence-electron chi connectivity index (χ4n) is 2.32. The van der Waals surface area contributed by atoms with E-state index in [1.807, 2.05) is 0 Å². The fraction of sp³-hybridized carbons (Fsp3) is 0.667. The van der Waals surface area contributed by atoms with Crippen molar-refractivity contribution in [2.75, 3.05) is 17.6 Å². The lowest BCUT2D eigenvalue weighted by Crippen LogP contribution is -2.19. The van der Waals surface area contributed by atoms with E-state index in [1.54, 1.807) is 0 Å². The predicted octanol–water partition coefficient (Wildman–Crippen LogP) is 3.07. The summed E-state index contributed by atoms with van der Waals surface area (Å²) in [5.41, 5.74) is 5.37. The van der Waals surface area contributed by atoms with E-state index in [0.29, 0.717) is 12.5 Å². The van der Waals surface area contributed by atoms with Gasteiger partial charge in [-0.1, -0.05) is 19.3 Å². The molecular weight excluding hydrogens is 257 g/mol. The first-order chi connectivity index (χ1) is 8.95. The number of hydrogen-bond acceptors (Lipinski definition) is 4. The zero-order chi connectivity index (χ0) is 13.9. The summed E-state index contributed by atoms with van der Waals surface area (Å²) in [5.74, 6) is -0.725. The van der Waals surface area contributed by atoms with Gasteiger partial charge in [-0.05, 0) is 18.8 Å². The van der Waals surface area contributed by atoms with Crippen LogP contribution >= 0.6 is 0 Å². The van der Waals surface area contributed by atoms with Gasteiger partial charge in [0.1, 0.15) is 11.6 Å². The standard InChI is InChI=1S/C12H17F3N4/c13-12(14,15)11-18-9(16)6-10(19-11)17-7-8-4-2-1-3-5-8/h6,8H,1-5,7H2,(H3,16,17,18,19). The van der Waals surface area contributed by atoms with Crippen molar-refractivity contribution in [3.63, 3.8) is 0 Å². The molecule has 1 saturated carbocycles. The highest BCUT2D eigenvalue weighted by Gasteiger charge is 2.35. The number of alkyl halides is 3. The molecule has 7 heteroatoms. The first kappa shape index (κ1) is 13.9. The van der Waals surface area contributed by atoms with Gasteiger partial charge in [0.15, 0.2) is 0 Å². The van der Waals surface area contributed by atoms with Crippen LogP contribution in [0.2, 0.25) is 0 Å². The molecule has 2 rings (SSSR count). The molecule has 1 fully saturated rings. The van der Waals surface area contributed by atoms with Gasteiger partial charge in [-0.2, -0.15) is 13.2 Å². The molecule has 106 valence electrons. The molecule has 3 N–H and O–H groups in total. The highest BCUT2D eigenvalue weighted by molar-refractivity contribution is 5.44. The number of nitrogen functional groups attached to an aromatic ring is 1. The van der Waals surface area contributed by atoms with Crippen LogP contribution in [0.4, 0.5) is 24.8 Å². The number of rotatable bonds is 3. The number of halogens is 3. The van der Waals surface area contributed by atoms with Crippen molar-refractivity contribution >= 4 is 11.6 Å². The van der Waals surface area contributed by atoms with Gasteiger partial charge in [0.05, 0.1) is 0 Å². The Morgan fingerprint density at radius 3 is 2.53 bits per heavy atom. The van der Waals surface area contributed by atoms with E-state index >= 15 is 0 Å². The normalized spacial score (nSPS) is 17.4. The van der Waals surface area contributed by atoms with E-state index in [4.69, 9.17) is 5.73 Å². The quantitative estimate of drug-likeness (QED) is 0.889. The topological polar surface area (TPSA) is 63.8 Å². The summed E-state index contributed by atoms with van der Waals surface area (Å²) in [4.78, 5) is 6.66. The SMILES string of the molecule is Nc1cc(NCC2CCCCC2)nc(C(F)(F)F)n1. The summed E-state index contributed by atoms with van der Waals surface area (Å²) >= 11 is 0. The van der Waals surface area contributed by atoms with Crippen LogP contribution in [0.5, 0.6) is 0 Å². The van der Waals surface area contributed by atoms with Gasteiger partial charge in [0.2, 0.25) is 5.82 Å². The van der Waals surface area contributed by atoms with Gasteiger partial charge in [0, 0.05) is 12.6 Å². The first-order valence-corrected chi connectivity index (χ1v) is 6.41. The third-order valence-electron chi connectivity index (χ3n) is 3.30. The van der Waals surface area contributed by atoms with Gasteiger partial charge in [-0.25, -0.2) is 9.97 Å². The number of hydrogen-bond donors (Lipinski definition) is 2. The molecule has 4 nitrogen and oxygen atoms in total. The third kappa shape index (κ3) is 3.97. The molecule has 0 amide bonds. The maximum absolute atomic E-state index is 12.5. The Morgan fingerprint density at radius 1 is 1.21 bits per heavy atom. The molecule has 1 aliphatic rings. The van der Waals surface area contributed by atoms with Gasteiger partial charge in [-0.15, -0.1) is 0 Å². The fourth-order valence-corrected chi connectivity index (χ4v) is 2.32. The van der Waals surface area contributed by atoms with E-state index in [2.05, 4.69) is 15.3 Å². The maximum Gasteiger partial charge on any atom is 0.451 e. The molecule has 0 aromatic carbocycles. The molecule has 0 radical (unpaired) electrons. The van der Waals surface area contributed by atoms with Crippen molar-refractivity contribution in [3.8, 4) is 0 Å². The van der Waals surface area contributed by atoms with E-state index in [9.17, 15) is 13.2 Å². The molecule has 1 aliphatic carbocycles. The van der Waals surface area contributed by atoms with E-state index in [0.717, 1.165) is 12.8 Å². The van der Waals surface area contributed by atoms with Gasteiger partial charge in [0.25, 0.3) is 0 Å². The van der Waals surface area contributed by atoms with Crippen LogP contribution in [0.3, 0.4) is 0 Å². The third-order valence-corrected chi connectivity index (χ3v) is 3.30. The second kappa shape index (κ2) is 5.63. The van der Waals surface area contributed by atoms with Crippen LogP contribution in [0.1, 0.15) is 37.9 Å². The smallest absolute Gasteiger partial charge is 0.384 e. The highest BCUT2D eigenvalue weighted by Crippen LogP contribution is 2.28. The van der Waals surface area contributed by atoms with Crippen LogP contribution in [0.15, 0.2) is 6.07 Å². The Hall–Kier alpha value is -1.53. The summed E-state index contributed by atoms with van der Waals surface area (Å²) in [6, 6.07) is 1.33. The summed E-state index contributed by atoms with van der Waals surface area (Å²) in [6.07, 6.45) is 1.27. The van der Waals surface area contributed by atoms with Crippen molar-refractivity contribution in [3.05, 3.63) is 11.9 Å². The van der Waals surface area contributed by atoms with Gasteiger partial charge >= 0.3 is 6.18 Å². The van der Waals surface area contributed by atoms with Gasteiger partial charge < -0.3 is 11.1 Å². The van der Waals surface area contributed by atoms with Crippen molar-refractivity contribution < 1.29 is 13.2 Å². The number of nitrogens with zero attached hydrogens (tertiary/aromatic N) is 2. The van der Waals surface area contributed by atoms with Crippen molar-refractivity contribution in [1.29, 1.82) is 0 Å². The summed E-state index contributed by atoms with van der Waals surface area (Å²) in [7, 11) is 0. The molecule has 0 atom stereocenters. The Morgan fingerprint density at radius 2 is 1.89 bits per heavy atom. The predicted molar refractivity (Wildman–Crippen MR) is 66.5 cm³/mol. The number of nitrogens with one attached hydrogen (secondary N) is 1. The Balaban J connectivity index is 2.01. The number of aromatic nitrogens is 2. The molecule has 0 saturated heterocycles. The monoisotopic (exact) mass is 274 g/mol. The Kier molecular flexibility index (Phi) is 4.11. The Bertz CT molecular complexity index is 427. The second-order valence-electron chi connectivity index (χ2n) is 4.88. The van der Waals surface area contributed by atoms with Crippen molar-refractivity contribution in [2.45, 2.75) is 38.3 Å². The molecular formula is C12H17F3N4. The lowest BCUT2D eigenvalue weighted by molar-refractivity contribution is -0.144.